The molecule has 29 heavy (non-hydrogen) atoms. The highest BCUT2D eigenvalue weighted by molar-refractivity contribution is 7.89. The highest BCUT2D eigenvalue weighted by atomic mass is 32.2. The molecule has 1 saturated heterocycles. The first-order chi connectivity index (χ1) is 13.9. The van der Waals surface area contributed by atoms with Gasteiger partial charge in [-0.15, -0.1) is 0 Å². The summed E-state index contributed by atoms with van der Waals surface area (Å²) in [5.74, 6) is -0.115. The molecule has 1 aliphatic heterocycles. The van der Waals surface area contributed by atoms with Crippen LogP contribution in [0.3, 0.4) is 0 Å². The number of nitrogens with zero attached hydrogens (tertiary/aromatic N) is 2. The topological polar surface area (TPSA) is 69.7 Å². The van der Waals surface area contributed by atoms with Gasteiger partial charge in [-0.25, -0.2) is 8.42 Å². The molecular weight excluding hydrogens is 386 g/mol. The number of nitrogens with one attached hydrogen (secondary N) is 1. The molecule has 1 N–H and O–H groups in total. The van der Waals surface area contributed by atoms with E-state index in [1.165, 1.54) is 15.4 Å². The molecule has 0 atom stereocenters. The number of carbonyl (C=O) groups excluding carboxylic acids is 1. The first kappa shape index (κ1) is 21.5. The minimum absolute atomic E-state index is 0.115. The summed E-state index contributed by atoms with van der Waals surface area (Å²) < 4.78 is 27.5. The number of hydrogen-bond acceptors (Lipinski definition) is 4. The van der Waals surface area contributed by atoms with E-state index in [4.69, 9.17) is 0 Å². The third-order valence-corrected chi connectivity index (χ3v) is 7.00. The molecule has 156 valence electrons. The minimum atomic E-state index is -3.61. The summed E-state index contributed by atoms with van der Waals surface area (Å²) in [6, 6.07) is 16.8. The second-order valence-electron chi connectivity index (χ2n) is 7.44. The predicted molar refractivity (Wildman–Crippen MR) is 114 cm³/mol. The van der Waals surface area contributed by atoms with Gasteiger partial charge in [0.15, 0.2) is 0 Å². The summed E-state index contributed by atoms with van der Waals surface area (Å²) in [6.45, 7) is 5.52. The Labute approximate surface area is 173 Å². The molecule has 2 aromatic carbocycles. The van der Waals surface area contributed by atoms with Crippen molar-refractivity contribution in [3.05, 3.63) is 65.7 Å². The lowest BCUT2D eigenvalue weighted by molar-refractivity contribution is -0.121. The summed E-state index contributed by atoms with van der Waals surface area (Å²) in [6.07, 6.45) is 0.885. The fourth-order valence-electron chi connectivity index (χ4n) is 3.57. The first-order valence-corrected chi connectivity index (χ1v) is 11.5. The zero-order valence-corrected chi connectivity index (χ0v) is 17.7. The number of aryl methyl sites for hydroxylation is 1. The molecular formula is C22H29N3O3S. The molecule has 3 rings (SSSR count). The van der Waals surface area contributed by atoms with E-state index in [0.717, 1.165) is 19.6 Å². The SMILES string of the molecule is Cc1cccc(CN2CCCN(S(=O)(=O)c3ccccc3)CCC(=O)NCC2)c1. The molecule has 0 aliphatic carbocycles. The van der Waals surface area contributed by atoms with Crippen molar-refractivity contribution in [3.63, 3.8) is 0 Å². The van der Waals surface area contributed by atoms with Crippen LogP contribution in [0.4, 0.5) is 0 Å². The summed E-state index contributed by atoms with van der Waals surface area (Å²) in [4.78, 5) is 14.7. The van der Waals surface area contributed by atoms with Crippen LogP contribution in [0.1, 0.15) is 24.0 Å². The van der Waals surface area contributed by atoms with Crippen LogP contribution >= 0.6 is 0 Å². The normalized spacial score (nSPS) is 18.0. The molecule has 0 saturated carbocycles. The zero-order valence-electron chi connectivity index (χ0n) is 16.9. The van der Waals surface area contributed by atoms with E-state index in [0.29, 0.717) is 19.5 Å². The maximum absolute atomic E-state index is 13.0. The molecule has 0 unspecified atom stereocenters. The van der Waals surface area contributed by atoms with Crippen molar-refractivity contribution in [3.8, 4) is 0 Å². The van der Waals surface area contributed by atoms with Gasteiger partial charge in [-0.3, -0.25) is 9.69 Å². The van der Waals surface area contributed by atoms with E-state index in [1.807, 2.05) is 6.07 Å². The quantitative estimate of drug-likeness (QED) is 0.833. The van der Waals surface area contributed by atoms with E-state index in [1.54, 1.807) is 30.3 Å². The van der Waals surface area contributed by atoms with Gasteiger partial charge in [-0.1, -0.05) is 48.0 Å². The van der Waals surface area contributed by atoms with Crippen LogP contribution in [-0.4, -0.2) is 56.3 Å². The summed E-state index contributed by atoms with van der Waals surface area (Å²) >= 11 is 0. The Morgan fingerprint density at radius 1 is 0.966 bits per heavy atom. The van der Waals surface area contributed by atoms with Crippen LogP contribution in [0.2, 0.25) is 0 Å². The molecule has 2 aromatic rings. The third-order valence-electron chi connectivity index (χ3n) is 5.09. The van der Waals surface area contributed by atoms with Gasteiger partial charge in [0.1, 0.15) is 0 Å². The molecule has 1 heterocycles. The summed E-state index contributed by atoms with van der Waals surface area (Å²) in [5, 5.41) is 2.92. The van der Waals surface area contributed by atoms with Crippen molar-refractivity contribution in [2.24, 2.45) is 0 Å². The number of hydrogen-bond donors (Lipinski definition) is 1. The average Bonchev–Trinajstić information content (AvgIpc) is 2.74. The highest BCUT2D eigenvalue weighted by Gasteiger charge is 2.25. The highest BCUT2D eigenvalue weighted by Crippen LogP contribution is 2.17. The van der Waals surface area contributed by atoms with Crippen molar-refractivity contribution in [2.75, 3.05) is 32.7 Å². The summed E-state index contributed by atoms with van der Waals surface area (Å²) in [7, 11) is -3.61. The second kappa shape index (κ2) is 10.0. The van der Waals surface area contributed by atoms with Crippen LogP contribution in [0, 0.1) is 6.92 Å². The van der Waals surface area contributed by atoms with Crippen molar-refractivity contribution in [1.29, 1.82) is 0 Å². The number of amides is 1. The van der Waals surface area contributed by atoms with Crippen LogP contribution < -0.4 is 5.32 Å². The predicted octanol–water partition coefficient (Wildman–Crippen LogP) is 2.40. The van der Waals surface area contributed by atoms with Gasteiger partial charge in [0.25, 0.3) is 0 Å². The largest absolute Gasteiger partial charge is 0.355 e. The molecule has 1 fully saturated rings. The molecule has 0 spiro atoms. The zero-order chi connectivity index (χ0) is 20.7. The van der Waals surface area contributed by atoms with Crippen molar-refractivity contribution >= 4 is 15.9 Å². The average molecular weight is 416 g/mol. The first-order valence-electron chi connectivity index (χ1n) is 10.0. The van der Waals surface area contributed by atoms with Gasteiger partial charge in [-0.2, -0.15) is 4.31 Å². The molecule has 0 radical (unpaired) electrons. The monoisotopic (exact) mass is 415 g/mol. The van der Waals surface area contributed by atoms with E-state index < -0.39 is 10.0 Å². The van der Waals surface area contributed by atoms with E-state index in [2.05, 4.69) is 35.3 Å². The Bertz CT molecular complexity index is 916. The van der Waals surface area contributed by atoms with E-state index >= 15 is 0 Å². The number of benzene rings is 2. The van der Waals surface area contributed by atoms with Gasteiger partial charge < -0.3 is 5.32 Å². The Balaban J connectivity index is 1.72. The molecule has 0 bridgehead atoms. The maximum Gasteiger partial charge on any atom is 0.243 e. The van der Waals surface area contributed by atoms with Gasteiger partial charge in [0.05, 0.1) is 4.90 Å². The lowest BCUT2D eigenvalue weighted by atomic mass is 10.1. The smallest absolute Gasteiger partial charge is 0.243 e. The van der Waals surface area contributed by atoms with Crippen LogP contribution in [0.5, 0.6) is 0 Å². The minimum Gasteiger partial charge on any atom is -0.355 e. The standard InChI is InChI=1S/C22H29N3O3S/c1-19-7-5-8-20(17-19)18-24-13-6-14-25(15-11-22(26)23-12-16-24)29(27,28)21-9-3-2-4-10-21/h2-5,7-10,17H,6,11-16,18H2,1H3,(H,23,26). The fraction of sp³-hybridized carbons (Fsp3) is 0.409. The van der Waals surface area contributed by atoms with Gasteiger partial charge in [0.2, 0.25) is 15.9 Å². The van der Waals surface area contributed by atoms with Gasteiger partial charge in [-0.05, 0) is 37.6 Å². The van der Waals surface area contributed by atoms with Crippen LogP contribution in [0.15, 0.2) is 59.5 Å². The fourth-order valence-corrected chi connectivity index (χ4v) is 5.07. The second-order valence-corrected chi connectivity index (χ2v) is 9.37. The van der Waals surface area contributed by atoms with E-state index in [-0.39, 0.29) is 23.8 Å². The molecule has 1 amide bonds. The van der Waals surface area contributed by atoms with Crippen molar-refractivity contribution in [1.82, 2.24) is 14.5 Å². The summed E-state index contributed by atoms with van der Waals surface area (Å²) in [5.41, 5.74) is 2.44. The maximum atomic E-state index is 13.0. The number of rotatable bonds is 4. The van der Waals surface area contributed by atoms with Crippen LogP contribution in [-0.2, 0) is 21.4 Å². The van der Waals surface area contributed by atoms with Gasteiger partial charge in [0, 0.05) is 39.1 Å². The van der Waals surface area contributed by atoms with Crippen molar-refractivity contribution in [2.45, 2.75) is 31.2 Å². The molecule has 0 aromatic heterocycles. The number of carbonyl (C=O) groups is 1. The van der Waals surface area contributed by atoms with Gasteiger partial charge >= 0.3 is 0 Å². The lowest BCUT2D eigenvalue weighted by Gasteiger charge is -2.24. The Morgan fingerprint density at radius 3 is 2.52 bits per heavy atom. The van der Waals surface area contributed by atoms with Crippen molar-refractivity contribution < 1.29 is 13.2 Å². The Morgan fingerprint density at radius 2 is 1.76 bits per heavy atom. The number of sulfonamides is 1. The molecule has 7 heteroatoms. The third kappa shape index (κ3) is 6.13. The lowest BCUT2D eigenvalue weighted by Crippen LogP contribution is -2.36. The van der Waals surface area contributed by atoms with E-state index in [9.17, 15) is 13.2 Å². The van der Waals surface area contributed by atoms with Crippen LogP contribution in [0.25, 0.3) is 0 Å². The molecule has 1 aliphatic rings. The molecule has 6 nitrogen and oxygen atoms in total. The Kier molecular flexibility index (Phi) is 7.41. The Hall–Kier alpha value is -2.22.